The van der Waals surface area contributed by atoms with Crippen LogP contribution in [0.2, 0.25) is 5.15 Å². The maximum atomic E-state index is 13.4. The van der Waals surface area contributed by atoms with E-state index in [0.717, 1.165) is 0 Å². The van der Waals surface area contributed by atoms with Gasteiger partial charge in [0, 0.05) is 65.5 Å². The number of rotatable bonds is 10. The van der Waals surface area contributed by atoms with Gasteiger partial charge in [0.1, 0.15) is 23.0 Å². The van der Waals surface area contributed by atoms with Gasteiger partial charge >= 0.3 is 0 Å². The summed E-state index contributed by atoms with van der Waals surface area (Å²) < 4.78 is 36.1. The summed E-state index contributed by atoms with van der Waals surface area (Å²) >= 11 is 6.27. The molecule has 2 amide bonds. The van der Waals surface area contributed by atoms with Crippen molar-refractivity contribution in [1.82, 2.24) is 59.3 Å². The van der Waals surface area contributed by atoms with E-state index in [1.165, 1.54) is 24.3 Å². The molecule has 348 valence electrons. The number of fused-ring (bicyclic) bond motifs is 4. The number of ether oxygens (including phenoxy) is 1. The molecule has 10 rings (SSSR count). The number of benzene rings is 4. The first-order valence-corrected chi connectivity index (χ1v) is 21.9. The number of imidazole rings is 2. The fraction of sp³-hybridized carbons (Fsp3) is 0.160. The van der Waals surface area contributed by atoms with Gasteiger partial charge in [-0.15, -0.1) is 0 Å². The van der Waals surface area contributed by atoms with Crippen LogP contribution in [-0.4, -0.2) is 77.8 Å². The molecular formula is C50H43ClF2N12O4. The van der Waals surface area contributed by atoms with Crippen molar-refractivity contribution in [1.29, 1.82) is 0 Å². The number of hydrogen-bond acceptors (Lipinski definition) is 12. The predicted octanol–water partition coefficient (Wildman–Crippen LogP) is 8.64. The molecule has 0 radical (unpaired) electrons. The summed E-state index contributed by atoms with van der Waals surface area (Å²) in [6.07, 6.45) is 10.4. The summed E-state index contributed by atoms with van der Waals surface area (Å²) in [7, 11) is 0. The zero-order chi connectivity index (χ0) is 48.6. The molecule has 0 aliphatic heterocycles. The van der Waals surface area contributed by atoms with Crippen molar-refractivity contribution < 1.29 is 28.2 Å². The second-order valence-corrected chi connectivity index (χ2v) is 16.3. The maximum Gasteiger partial charge on any atom is 0.251 e. The average Bonchev–Trinajstić information content (AvgIpc) is 3.96. The zero-order valence-corrected chi connectivity index (χ0v) is 38.3. The van der Waals surface area contributed by atoms with Gasteiger partial charge in [-0.3, -0.25) is 18.4 Å². The van der Waals surface area contributed by atoms with Crippen LogP contribution < -0.4 is 15.4 Å². The van der Waals surface area contributed by atoms with Crippen LogP contribution >= 0.6 is 11.6 Å². The lowest BCUT2D eigenvalue weighted by Gasteiger charge is -2.14. The highest BCUT2D eigenvalue weighted by Crippen LogP contribution is 2.31. The smallest absolute Gasteiger partial charge is 0.251 e. The highest BCUT2D eigenvalue weighted by Gasteiger charge is 2.17. The number of carbonyl (C=O) groups is 2. The minimum atomic E-state index is -0.353. The van der Waals surface area contributed by atoms with Gasteiger partial charge in [0.05, 0.1) is 52.6 Å². The van der Waals surface area contributed by atoms with Gasteiger partial charge in [-0.1, -0.05) is 11.6 Å². The van der Waals surface area contributed by atoms with E-state index < -0.39 is 0 Å². The van der Waals surface area contributed by atoms with Gasteiger partial charge in [0.25, 0.3) is 11.8 Å². The van der Waals surface area contributed by atoms with Crippen LogP contribution in [0.5, 0.6) is 5.88 Å². The number of aliphatic hydroxyl groups excluding tert-OH is 1. The standard InChI is InChI=1S/C25H21FN6O2.C22H14ClFN6O.C3H8O/c1-15(2)34-24-22(16-4-7-18(26)8-5-16)30-21-12-17(6-9-20(21)31-24)23(33)28-13-19-14-32-11-3-10-27-25(32)29-19;23-20-19(13-2-5-15(24)6-3-13)28-18-10-14(4-7-17(18)29-20)21(31)26-11-16-12-30-9-1-8-25-22(30)27-16;1-3(2)4/h3-12,14-15H,13H2,1-2H3,(H,28,33);1-10,12H,11H2,(H,26,31);3-4H,1-2H3. The SMILES string of the molecule is CC(C)O.CC(C)Oc1nc2ccc(C(=O)NCc3cn4cccnc4n3)cc2nc1-c1ccc(F)cc1.O=C(NCc1cn2cccnc2n1)c1ccc2nc(Cl)c(-c3ccc(F)cc3)nc2c1. The van der Waals surface area contributed by atoms with Crippen LogP contribution in [0.3, 0.4) is 0 Å². The highest BCUT2D eigenvalue weighted by molar-refractivity contribution is 6.32. The van der Waals surface area contributed by atoms with E-state index >= 15 is 0 Å². The fourth-order valence-corrected chi connectivity index (χ4v) is 6.96. The number of aromatic nitrogens is 10. The van der Waals surface area contributed by atoms with E-state index in [0.29, 0.717) is 84.5 Å². The van der Waals surface area contributed by atoms with Crippen LogP contribution in [0.1, 0.15) is 59.8 Å². The van der Waals surface area contributed by atoms with Gasteiger partial charge in [-0.25, -0.2) is 48.7 Å². The first-order chi connectivity index (χ1) is 33.3. The second-order valence-electron chi connectivity index (χ2n) is 15.9. The Bertz CT molecular complexity index is 3370. The maximum absolute atomic E-state index is 13.4. The summed E-state index contributed by atoms with van der Waals surface area (Å²) in [5.41, 5.74) is 6.64. The Morgan fingerprint density at radius 2 is 1.07 bits per heavy atom. The van der Waals surface area contributed by atoms with E-state index in [1.54, 1.807) is 102 Å². The van der Waals surface area contributed by atoms with Gasteiger partial charge < -0.3 is 20.5 Å². The molecule has 3 N–H and O–H groups in total. The molecule has 0 spiro atoms. The quantitative estimate of drug-likeness (QED) is 0.118. The molecule has 0 saturated heterocycles. The third-order valence-corrected chi connectivity index (χ3v) is 10.1. The highest BCUT2D eigenvalue weighted by atomic mass is 35.5. The van der Waals surface area contributed by atoms with Crippen LogP contribution in [0, 0.1) is 11.6 Å². The first-order valence-electron chi connectivity index (χ1n) is 21.6. The average molecular weight is 949 g/mol. The van der Waals surface area contributed by atoms with Crippen LogP contribution in [0.25, 0.3) is 56.1 Å². The third-order valence-electron chi connectivity index (χ3n) is 9.79. The largest absolute Gasteiger partial charge is 0.473 e. The van der Waals surface area contributed by atoms with Crippen LogP contribution in [0.4, 0.5) is 8.78 Å². The van der Waals surface area contributed by atoms with Crippen molar-refractivity contribution in [3.63, 3.8) is 0 Å². The zero-order valence-electron chi connectivity index (χ0n) is 37.5. The molecule has 4 aromatic carbocycles. The van der Waals surface area contributed by atoms with Crippen LogP contribution in [-0.2, 0) is 13.1 Å². The Labute approximate surface area is 398 Å². The Balaban J connectivity index is 0.000000173. The van der Waals surface area contributed by atoms with Crippen molar-refractivity contribution in [3.8, 4) is 28.4 Å². The predicted molar refractivity (Wildman–Crippen MR) is 256 cm³/mol. The summed E-state index contributed by atoms with van der Waals surface area (Å²) in [5, 5.41) is 14.0. The number of nitrogens with one attached hydrogen (secondary N) is 2. The summed E-state index contributed by atoms with van der Waals surface area (Å²) in [4.78, 5) is 60.8. The molecule has 6 aromatic heterocycles. The topological polar surface area (TPSA) is 200 Å². The molecule has 6 heterocycles. The van der Waals surface area contributed by atoms with Crippen molar-refractivity contribution >= 4 is 57.0 Å². The fourth-order valence-electron chi connectivity index (χ4n) is 6.72. The Kier molecular flexibility index (Phi) is 14.4. The lowest BCUT2D eigenvalue weighted by Crippen LogP contribution is -2.23. The van der Waals surface area contributed by atoms with Crippen molar-refractivity contribution in [2.45, 2.75) is 53.0 Å². The molecule has 0 saturated carbocycles. The molecule has 0 atom stereocenters. The van der Waals surface area contributed by atoms with E-state index in [1.807, 2.05) is 44.7 Å². The molecule has 69 heavy (non-hydrogen) atoms. The van der Waals surface area contributed by atoms with E-state index in [-0.39, 0.29) is 53.9 Å². The molecule has 0 aliphatic carbocycles. The lowest BCUT2D eigenvalue weighted by atomic mass is 10.1. The monoisotopic (exact) mass is 948 g/mol. The van der Waals surface area contributed by atoms with Gasteiger partial charge in [0.2, 0.25) is 17.4 Å². The lowest BCUT2D eigenvalue weighted by molar-refractivity contribution is 0.0942. The van der Waals surface area contributed by atoms with Crippen molar-refractivity contribution in [2.75, 3.05) is 0 Å². The van der Waals surface area contributed by atoms with Gasteiger partial charge in [0.15, 0.2) is 5.15 Å². The number of halogens is 3. The molecule has 0 bridgehead atoms. The van der Waals surface area contributed by atoms with Crippen molar-refractivity contribution in [2.24, 2.45) is 0 Å². The minimum absolute atomic E-state index is 0.120. The molecular weight excluding hydrogens is 906 g/mol. The van der Waals surface area contributed by atoms with Crippen LogP contribution in [0.15, 0.2) is 134 Å². The third kappa shape index (κ3) is 11.8. The first kappa shape index (κ1) is 47.2. The van der Waals surface area contributed by atoms with Gasteiger partial charge in [-0.05, 0) is 125 Å². The summed E-state index contributed by atoms with van der Waals surface area (Å²) in [6.45, 7) is 7.75. The molecule has 19 heteroatoms. The second kappa shape index (κ2) is 21.1. The molecule has 0 aliphatic rings. The molecule has 16 nitrogen and oxygen atoms in total. The Hall–Kier alpha value is -8.35. The van der Waals surface area contributed by atoms with Crippen molar-refractivity contribution in [3.05, 3.63) is 174 Å². The Morgan fingerprint density at radius 1 is 0.623 bits per heavy atom. The number of amides is 2. The van der Waals surface area contributed by atoms with Gasteiger partial charge in [-0.2, -0.15) is 0 Å². The van der Waals surface area contributed by atoms with E-state index in [2.05, 4.69) is 45.5 Å². The molecule has 10 aromatic rings. The summed E-state index contributed by atoms with van der Waals surface area (Å²) in [5.74, 6) is 0.259. The number of carbonyl (C=O) groups excluding carboxylic acids is 2. The number of aliphatic hydroxyl groups is 1. The summed E-state index contributed by atoms with van der Waals surface area (Å²) in [6, 6.07) is 25.5. The minimum Gasteiger partial charge on any atom is -0.473 e. The van der Waals surface area contributed by atoms with E-state index in [4.69, 9.17) is 26.4 Å². The molecule has 0 fully saturated rings. The number of hydrogen-bond donors (Lipinski definition) is 3. The molecule has 0 unspecified atom stereocenters. The number of nitrogens with zero attached hydrogens (tertiary/aromatic N) is 10. The Morgan fingerprint density at radius 3 is 1.54 bits per heavy atom. The normalized spacial score (nSPS) is 11.1. The van der Waals surface area contributed by atoms with E-state index in [9.17, 15) is 18.4 Å².